The molecule has 4 nitrogen and oxygen atoms in total. The van der Waals surface area contributed by atoms with E-state index in [-0.39, 0.29) is 12.5 Å². The second-order valence-corrected chi connectivity index (χ2v) is 3.18. The number of ether oxygens (including phenoxy) is 2. The predicted molar refractivity (Wildman–Crippen MR) is 59.9 cm³/mol. The third kappa shape index (κ3) is 2.84. The molecular weight excluding hydrogens is 208 g/mol. The first kappa shape index (κ1) is 12.3. The van der Waals surface area contributed by atoms with E-state index < -0.39 is 0 Å². The maximum atomic E-state index is 10.6. The van der Waals surface area contributed by atoms with Crippen LogP contribution in [0.25, 0.3) is 0 Å². The average molecular weight is 222 g/mol. The number of phenolic OH excluding ortho intramolecular Hbond substituents is 1. The van der Waals surface area contributed by atoms with Gasteiger partial charge in [0, 0.05) is 18.2 Å². The van der Waals surface area contributed by atoms with Crippen LogP contribution < -0.4 is 4.74 Å². The summed E-state index contributed by atoms with van der Waals surface area (Å²) >= 11 is 0. The predicted octanol–water partition coefficient (Wildman–Crippen LogP) is 1.92. The monoisotopic (exact) mass is 222 g/mol. The third-order valence-electron chi connectivity index (χ3n) is 2.02. The third-order valence-corrected chi connectivity index (χ3v) is 2.02. The highest BCUT2D eigenvalue weighted by Gasteiger charge is 2.10. The van der Waals surface area contributed by atoms with Crippen LogP contribution in [0.2, 0.25) is 0 Å². The van der Waals surface area contributed by atoms with Gasteiger partial charge in [0.1, 0.15) is 17.8 Å². The van der Waals surface area contributed by atoms with Gasteiger partial charge in [0.2, 0.25) is 0 Å². The number of aldehydes is 1. The quantitative estimate of drug-likeness (QED) is 0.454. The Labute approximate surface area is 94.1 Å². The molecule has 1 N–H and O–H groups in total. The number of benzene rings is 1. The average Bonchev–Trinajstić information content (AvgIpc) is 2.29. The van der Waals surface area contributed by atoms with Crippen molar-refractivity contribution in [2.24, 2.45) is 0 Å². The van der Waals surface area contributed by atoms with Crippen molar-refractivity contribution in [3.8, 4) is 11.5 Å². The van der Waals surface area contributed by atoms with Crippen molar-refractivity contribution in [1.82, 2.24) is 0 Å². The minimum Gasteiger partial charge on any atom is -0.507 e. The Bertz CT molecular complexity index is 385. The van der Waals surface area contributed by atoms with Crippen LogP contribution in [-0.2, 0) is 11.2 Å². The molecule has 86 valence electrons. The zero-order valence-corrected chi connectivity index (χ0v) is 9.10. The molecule has 0 saturated carbocycles. The van der Waals surface area contributed by atoms with Crippen molar-refractivity contribution >= 4 is 6.29 Å². The lowest BCUT2D eigenvalue weighted by molar-refractivity contribution is 0.0503. The summed E-state index contributed by atoms with van der Waals surface area (Å²) in [5, 5.41) is 9.71. The fourth-order valence-electron chi connectivity index (χ4n) is 1.32. The summed E-state index contributed by atoms with van der Waals surface area (Å²) in [6, 6.07) is 2.95. The van der Waals surface area contributed by atoms with E-state index in [0.717, 1.165) is 0 Å². The van der Waals surface area contributed by atoms with E-state index in [1.165, 1.54) is 13.2 Å². The van der Waals surface area contributed by atoms with Crippen LogP contribution in [0.15, 0.2) is 24.8 Å². The number of aromatic hydroxyl groups is 1. The van der Waals surface area contributed by atoms with Crippen molar-refractivity contribution in [1.29, 1.82) is 0 Å². The first-order valence-electron chi connectivity index (χ1n) is 4.76. The Kier molecular flexibility index (Phi) is 4.54. The molecule has 0 aromatic heterocycles. The zero-order chi connectivity index (χ0) is 12.0. The number of allylic oxidation sites excluding steroid dienone is 1. The summed E-state index contributed by atoms with van der Waals surface area (Å²) in [4.78, 5) is 10.6. The van der Waals surface area contributed by atoms with Gasteiger partial charge >= 0.3 is 0 Å². The van der Waals surface area contributed by atoms with Gasteiger partial charge in [-0.3, -0.25) is 4.79 Å². The first-order valence-corrected chi connectivity index (χ1v) is 4.76. The van der Waals surface area contributed by atoms with Crippen LogP contribution in [0.5, 0.6) is 11.5 Å². The molecule has 0 atom stereocenters. The number of methoxy groups -OCH3 is 1. The molecular formula is C12H14O4. The van der Waals surface area contributed by atoms with Crippen molar-refractivity contribution in [3.05, 3.63) is 35.9 Å². The van der Waals surface area contributed by atoms with E-state index in [1.807, 2.05) is 0 Å². The molecule has 0 radical (unpaired) electrons. The maximum Gasteiger partial charge on any atom is 0.188 e. The minimum absolute atomic E-state index is 0.0237. The van der Waals surface area contributed by atoms with Crippen LogP contribution in [0.4, 0.5) is 0 Å². The molecule has 1 rings (SSSR count). The van der Waals surface area contributed by atoms with Gasteiger partial charge in [0.25, 0.3) is 0 Å². The molecule has 0 saturated heterocycles. The van der Waals surface area contributed by atoms with E-state index in [0.29, 0.717) is 29.6 Å². The standard InChI is InChI=1S/C12H14O4/c1-3-4-10-11(14)5-9(7-13)6-12(10)16-8-15-2/h3,5-7,14H,1,4,8H2,2H3. The SMILES string of the molecule is C=CCc1c(O)cc(C=O)cc1OCOC. The van der Waals surface area contributed by atoms with Crippen LogP contribution in [0, 0.1) is 0 Å². The maximum absolute atomic E-state index is 10.6. The smallest absolute Gasteiger partial charge is 0.188 e. The summed E-state index contributed by atoms with van der Waals surface area (Å²) in [6.45, 7) is 3.66. The van der Waals surface area contributed by atoms with Crippen LogP contribution in [0.1, 0.15) is 15.9 Å². The zero-order valence-electron chi connectivity index (χ0n) is 9.10. The van der Waals surface area contributed by atoms with E-state index in [2.05, 4.69) is 6.58 Å². The summed E-state index contributed by atoms with van der Waals surface area (Å²) in [6.07, 6.45) is 2.76. The highest BCUT2D eigenvalue weighted by atomic mass is 16.7. The highest BCUT2D eigenvalue weighted by Crippen LogP contribution is 2.30. The van der Waals surface area contributed by atoms with Gasteiger partial charge in [-0.15, -0.1) is 6.58 Å². The molecule has 0 aliphatic carbocycles. The Morgan fingerprint density at radius 2 is 2.25 bits per heavy atom. The molecule has 4 heteroatoms. The molecule has 0 spiro atoms. The molecule has 0 bridgehead atoms. The van der Waals surface area contributed by atoms with E-state index in [4.69, 9.17) is 9.47 Å². The second-order valence-electron chi connectivity index (χ2n) is 3.18. The molecule has 0 heterocycles. The largest absolute Gasteiger partial charge is 0.507 e. The van der Waals surface area contributed by atoms with Gasteiger partial charge in [-0.25, -0.2) is 0 Å². The number of carbonyl (C=O) groups excluding carboxylic acids is 1. The Morgan fingerprint density at radius 3 is 2.81 bits per heavy atom. The second kappa shape index (κ2) is 5.92. The molecule has 0 aliphatic rings. The Hall–Kier alpha value is -1.81. The summed E-state index contributed by atoms with van der Waals surface area (Å²) in [7, 11) is 1.50. The number of carbonyl (C=O) groups is 1. The van der Waals surface area contributed by atoms with E-state index in [1.54, 1.807) is 12.1 Å². The molecule has 0 aliphatic heterocycles. The lowest BCUT2D eigenvalue weighted by Crippen LogP contribution is -2.02. The van der Waals surface area contributed by atoms with Gasteiger partial charge in [0.05, 0.1) is 0 Å². The number of hydrogen-bond acceptors (Lipinski definition) is 4. The van der Waals surface area contributed by atoms with Gasteiger partial charge in [-0.2, -0.15) is 0 Å². The van der Waals surface area contributed by atoms with Gasteiger partial charge in [0.15, 0.2) is 6.79 Å². The van der Waals surface area contributed by atoms with Crippen molar-refractivity contribution in [2.45, 2.75) is 6.42 Å². The normalized spacial score (nSPS) is 9.81. The lowest BCUT2D eigenvalue weighted by Gasteiger charge is -2.11. The van der Waals surface area contributed by atoms with E-state index in [9.17, 15) is 9.90 Å². The molecule has 1 aromatic carbocycles. The highest BCUT2D eigenvalue weighted by molar-refractivity contribution is 5.77. The molecule has 0 amide bonds. The van der Waals surface area contributed by atoms with Crippen LogP contribution in [0.3, 0.4) is 0 Å². The fraction of sp³-hybridized carbons (Fsp3) is 0.250. The number of hydrogen-bond donors (Lipinski definition) is 1. The Morgan fingerprint density at radius 1 is 1.50 bits per heavy atom. The lowest BCUT2D eigenvalue weighted by atomic mass is 10.1. The number of phenols is 1. The summed E-state index contributed by atoms with van der Waals surface area (Å²) in [5.41, 5.74) is 0.953. The molecule has 1 aromatic rings. The van der Waals surface area contributed by atoms with Gasteiger partial charge < -0.3 is 14.6 Å². The Balaban J connectivity index is 3.11. The summed E-state index contributed by atoms with van der Waals surface area (Å²) < 4.78 is 10.0. The summed E-state index contributed by atoms with van der Waals surface area (Å²) in [5.74, 6) is 0.458. The van der Waals surface area contributed by atoms with Crippen molar-refractivity contribution in [2.75, 3.05) is 13.9 Å². The fourth-order valence-corrected chi connectivity index (χ4v) is 1.32. The van der Waals surface area contributed by atoms with Crippen LogP contribution in [-0.4, -0.2) is 25.3 Å². The van der Waals surface area contributed by atoms with E-state index >= 15 is 0 Å². The molecule has 0 unspecified atom stereocenters. The van der Waals surface area contributed by atoms with Gasteiger partial charge in [-0.05, 0) is 18.6 Å². The van der Waals surface area contributed by atoms with Gasteiger partial charge in [-0.1, -0.05) is 6.08 Å². The first-order chi connectivity index (χ1) is 7.72. The number of rotatable bonds is 6. The topological polar surface area (TPSA) is 55.8 Å². The molecule has 0 fully saturated rings. The van der Waals surface area contributed by atoms with Crippen molar-refractivity contribution < 1.29 is 19.4 Å². The van der Waals surface area contributed by atoms with Crippen LogP contribution >= 0.6 is 0 Å². The molecule has 16 heavy (non-hydrogen) atoms. The minimum atomic E-state index is 0.0237. The van der Waals surface area contributed by atoms with Crippen molar-refractivity contribution in [3.63, 3.8) is 0 Å².